The number of ketones is 1. The molecule has 82 valence electrons. The summed E-state index contributed by atoms with van der Waals surface area (Å²) in [6.07, 6.45) is 7.58. The first-order valence-electron chi connectivity index (χ1n) is 5.88. The summed E-state index contributed by atoms with van der Waals surface area (Å²) >= 11 is 0. The molecule has 0 heterocycles. The van der Waals surface area contributed by atoms with E-state index in [-0.39, 0.29) is 5.78 Å². The number of nitrogens with two attached hydrogens (primary N) is 1. The largest absolute Gasteiger partial charge is 0.319 e. The highest BCUT2D eigenvalue weighted by Crippen LogP contribution is 2.29. The molecular weight excluding hydrogens is 174 g/mol. The average molecular weight is 197 g/mol. The van der Waals surface area contributed by atoms with Gasteiger partial charge in [0.15, 0.2) is 5.78 Å². The number of hydrogen-bond donors (Lipinski definition) is 1. The van der Waals surface area contributed by atoms with Crippen LogP contribution in [0.15, 0.2) is 0 Å². The van der Waals surface area contributed by atoms with Crippen LogP contribution in [0, 0.1) is 5.92 Å². The molecule has 2 N–H and O–H groups in total. The van der Waals surface area contributed by atoms with Crippen molar-refractivity contribution < 1.29 is 4.79 Å². The molecule has 0 amide bonds. The first-order valence-corrected chi connectivity index (χ1v) is 5.88. The lowest BCUT2D eigenvalue weighted by Gasteiger charge is -2.23. The summed E-state index contributed by atoms with van der Waals surface area (Å²) in [6.45, 7) is 3.96. The van der Waals surface area contributed by atoms with Crippen LogP contribution in [0.4, 0.5) is 0 Å². The normalized spacial score (nSPS) is 22.2. The van der Waals surface area contributed by atoms with Gasteiger partial charge in [-0.1, -0.05) is 39.0 Å². The summed E-state index contributed by atoms with van der Waals surface area (Å²) in [4.78, 5) is 11.9. The van der Waals surface area contributed by atoms with E-state index in [2.05, 4.69) is 6.92 Å². The Morgan fingerprint density at radius 1 is 1.43 bits per heavy atom. The molecule has 0 aromatic carbocycles. The Morgan fingerprint density at radius 3 is 2.50 bits per heavy atom. The van der Waals surface area contributed by atoms with Crippen molar-refractivity contribution in [1.82, 2.24) is 0 Å². The molecule has 1 unspecified atom stereocenters. The summed E-state index contributed by atoms with van der Waals surface area (Å²) in [5.41, 5.74) is 5.43. The van der Waals surface area contributed by atoms with E-state index in [1.54, 1.807) is 0 Å². The van der Waals surface area contributed by atoms with Gasteiger partial charge in [0.05, 0.1) is 5.54 Å². The smallest absolute Gasteiger partial charge is 0.152 e. The van der Waals surface area contributed by atoms with Gasteiger partial charge in [-0.05, 0) is 19.3 Å². The lowest BCUT2D eigenvalue weighted by molar-refractivity contribution is -0.124. The second-order valence-electron chi connectivity index (χ2n) is 4.95. The Kier molecular flexibility index (Phi) is 4.11. The maximum absolute atomic E-state index is 11.9. The molecule has 0 radical (unpaired) electrons. The fourth-order valence-electron chi connectivity index (χ4n) is 2.37. The van der Waals surface area contributed by atoms with Crippen molar-refractivity contribution in [3.63, 3.8) is 0 Å². The minimum absolute atomic E-state index is 0.270. The van der Waals surface area contributed by atoms with Gasteiger partial charge in [0.25, 0.3) is 0 Å². The van der Waals surface area contributed by atoms with Crippen LogP contribution in [0.1, 0.15) is 58.8 Å². The molecule has 0 aliphatic heterocycles. The molecule has 1 atom stereocenters. The topological polar surface area (TPSA) is 43.1 Å². The minimum atomic E-state index is -0.572. The third-order valence-corrected chi connectivity index (χ3v) is 3.36. The van der Waals surface area contributed by atoms with Gasteiger partial charge < -0.3 is 5.73 Å². The predicted octanol–water partition coefficient (Wildman–Crippen LogP) is 2.65. The van der Waals surface area contributed by atoms with Crippen molar-refractivity contribution in [3.05, 3.63) is 0 Å². The molecule has 2 heteroatoms. The van der Waals surface area contributed by atoms with E-state index in [0.717, 1.165) is 12.8 Å². The van der Waals surface area contributed by atoms with E-state index >= 15 is 0 Å². The maximum atomic E-state index is 11.9. The quantitative estimate of drug-likeness (QED) is 0.736. The van der Waals surface area contributed by atoms with Crippen molar-refractivity contribution in [1.29, 1.82) is 0 Å². The lowest BCUT2D eigenvalue weighted by Crippen LogP contribution is -2.45. The second-order valence-corrected chi connectivity index (χ2v) is 4.95. The number of hydrogen-bond acceptors (Lipinski definition) is 2. The van der Waals surface area contributed by atoms with Crippen LogP contribution in [0.3, 0.4) is 0 Å². The van der Waals surface area contributed by atoms with E-state index in [1.807, 2.05) is 6.92 Å². The molecule has 14 heavy (non-hydrogen) atoms. The van der Waals surface area contributed by atoms with Crippen molar-refractivity contribution in [3.8, 4) is 0 Å². The van der Waals surface area contributed by atoms with Gasteiger partial charge in [0.1, 0.15) is 0 Å². The summed E-state index contributed by atoms with van der Waals surface area (Å²) in [6, 6.07) is 0. The second kappa shape index (κ2) is 4.92. The van der Waals surface area contributed by atoms with Gasteiger partial charge in [-0.25, -0.2) is 0 Å². The van der Waals surface area contributed by atoms with E-state index < -0.39 is 5.54 Å². The lowest BCUT2D eigenvalue weighted by atomic mass is 9.86. The highest BCUT2D eigenvalue weighted by atomic mass is 16.1. The standard InChI is InChI=1S/C12H23NO/c1-3-8-12(2,13)11(14)9-10-6-4-5-7-10/h10H,3-9,13H2,1-2H3. The molecule has 1 fully saturated rings. The van der Waals surface area contributed by atoms with Crippen molar-refractivity contribution in [2.24, 2.45) is 11.7 Å². The fourth-order valence-corrected chi connectivity index (χ4v) is 2.37. The number of carbonyl (C=O) groups is 1. The number of rotatable bonds is 5. The zero-order valence-corrected chi connectivity index (χ0v) is 9.51. The SMILES string of the molecule is CCCC(C)(N)C(=O)CC1CCCC1. The van der Waals surface area contributed by atoms with Gasteiger partial charge in [0.2, 0.25) is 0 Å². The molecule has 1 aliphatic carbocycles. The average Bonchev–Trinajstić information content (AvgIpc) is 2.56. The Balaban J connectivity index is 2.39. The minimum Gasteiger partial charge on any atom is -0.319 e. The third-order valence-electron chi connectivity index (χ3n) is 3.36. The first-order chi connectivity index (χ1) is 6.56. The summed E-state index contributed by atoms with van der Waals surface area (Å²) in [5.74, 6) is 0.897. The van der Waals surface area contributed by atoms with Crippen molar-refractivity contribution in [2.75, 3.05) is 0 Å². The van der Waals surface area contributed by atoms with Crippen molar-refractivity contribution in [2.45, 2.75) is 64.3 Å². The number of carbonyl (C=O) groups excluding carboxylic acids is 1. The summed E-state index contributed by atoms with van der Waals surface area (Å²) in [5, 5.41) is 0. The van der Waals surface area contributed by atoms with E-state index in [0.29, 0.717) is 12.3 Å². The van der Waals surface area contributed by atoms with Crippen LogP contribution in [0.2, 0.25) is 0 Å². The highest BCUT2D eigenvalue weighted by Gasteiger charge is 2.29. The van der Waals surface area contributed by atoms with E-state index in [1.165, 1.54) is 25.7 Å². The Labute approximate surface area is 87.2 Å². The Hall–Kier alpha value is -0.370. The van der Waals surface area contributed by atoms with Crippen LogP contribution >= 0.6 is 0 Å². The monoisotopic (exact) mass is 197 g/mol. The number of Topliss-reactive ketones (excluding diaryl/α,β-unsaturated/α-hetero) is 1. The zero-order chi connectivity index (χ0) is 10.6. The summed E-state index contributed by atoms with van der Waals surface area (Å²) in [7, 11) is 0. The van der Waals surface area contributed by atoms with Gasteiger partial charge >= 0.3 is 0 Å². The van der Waals surface area contributed by atoms with Gasteiger partial charge in [-0.2, -0.15) is 0 Å². The molecule has 0 aromatic rings. The van der Waals surface area contributed by atoms with Gasteiger partial charge in [-0.3, -0.25) is 4.79 Å². The Bertz CT molecular complexity index is 192. The molecule has 2 nitrogen and oxygen atoms in total. The summed E-state index contributed by atoms with van der Waals surface area (Å²) < 4.78 is 0. The highest BCUT2D eigenvalue weighted by molar-refractivity contribution is 5.87. The molecule has 0 aromatic heterocycles. The molecular formula is C12H23NO. The van der Waals surface area contributed by atoms with Crippen molar-refractivity contribution >= 4 is 5.78 Å². The Morgan fingerprint density at radius 2 is 2.00 bits per heavy atom. The van der Waals surface area contributed by atoms with E-state index in [9.17, 15) is 4.79 Å². The van der Waals surface area contributed by atoms with Crippen LogP contribution in [-0.4, -0.2) is 11.3 Å². The molecule has 1 rings (SSSR count). The van der Waals surface area contributed by atoms with Crippen LogP contribution in [0.25, 0.3) is 0 Å². The molecule has 1 aliphatic rings. The molecule has 0 spiro atoms. The van der Waals surface area contributed by atoms with Crippen LogP contribution in [-0.2, 0) is 4.79 Å². The fraction of sp³-hybridized carbons (Fsp3) is 0.917. The maximum Gasteiger partial charge on any atom is 0.152 e. The van der Waals surface area contributed by atoms with E-state index in [4.69, 9.17) is 5.73 Å². The van der Waals surface area contributed by atoms with Crippen LogP contribution in [0.5, 0.6) is 0 Å². The first kappa shape index (κ1) is 11.7. The third kappa shape index (κ3) is 3.09. The van der Waals surface area contributed by atoms with Gasteiger partial charge in [-0.15, -0.1) is 0 Å². The predicted molar refractivity (Wildman–Crippen MR) is 59.1 cm³/mol. The van der Waals surface area contributed by atoms with Gasteiger partial charge in [0, 0.05) is 6.42 Å². The van der Waals surface area contributed by atoms with Crippen LogP contribution < -0.4 is 5.73 Å². The zero-order valence-electron chi connectivity index (χ0n) is 9.51. The molecule has 0 saturated heterocycles. The molecule has 1 saturated carbocycles. The molecule has 0 bridgehead atoms.